The van der Waals surface area contributed by atoms with Gasteiger partial charge in [0.25, 0.3) is 0 Å². The number of hydrogen-bond donors (Lipinski definition) is 1. The summed E-state index contributed by atoms with van der Waals surface area (Å²) in [4.78, 5) is 12.2. The standard InChI is InChI=1S/C21H21FN4OS/c1-2-26-20(18-12-17(18)14-6-4-3-5-7-14)24-25-21(26)28-13-19(27)23-16-10-8-15(22)9-11-16/h3-11,17-18H,2,12-13H2,1H3,(H,23,27). The summed E-state index contributed by atoms with van der Waals surface area (Å²) in [7, 11) is 0. The first-order valence-electron chi connectivity index (χ1n) is 9.32. The van der Waals surface area contributed by atoms with Gasteiger partial charge in [0.1, 0.15) is 11.6 Å². The van der Waals surface area contributed by atoms with Crippen molar-refractivity contribution in [3.05, 3.63) is 71.8 Å². The Labute approximate surface area is 167 Å². The molecule has 4 rings (SSSR count). The van der Waals surface area contributed by atoms with E-state index in [1.807, 2.05) is 6.07 Å². The highest BCUT2D eigenvalue weighted by atomic mass is 32.2. The summed E-state index contributed by atoms with van der Waals surface area (Å²) in [6, 6.07) is 16.2. The van der Waals surface area contributed by atoms with Crippen LogP contribution in [0.1, 0.15) is 36.6 Å². The lowest BCUT2D eigenvalue weighted by Gasteiger charge is -2.08. The lowest BCUT2D eigenvalue weighted by atomic mass is 10.1. The Kier molecular flexibility index (Phi) is 5.43. The van der Waals surface area contributed by atoms with Crippen LogP contribution in [0.25, 0.3) is 0 Å². The van der Waals surface area contributed by atoms with Crippen molar-refractivity contribution in [2.75, 3.05) is 11.1 Å². The van der Waals surface area contributed by atoms with Crippen LogP contribution in [0.4, 0.5) is 10.1 Å². The molecule has 1 saturated carbocycles. The summed E-state index contributed by atoms with van der Waals surface area (Å²) in [5.74, 6) is 1.62. The van der Waals surface area contributed by atoms with Crippen LogP contribution >= 0.6 is 11.8 Å². The van der Waals surface area contributed by atoms with Gasteiger partial charge in [0.2, 0.25) is 5.91 Å². The first-order valence-corrected chi connectivity index (χ1v) is 10.3. The van der Waals surface area contributed by atoms with Crippen molar-refractivity contribution in [1.82, 2.24) is 14.8 Å². The first kappa shape index (κ1) is 18.7. The maximum Gasteiger partial charge on any atom is 0.234 e. The van der Waals surface area contributed by atoms with Crippen LogP contribution in [0.5, 0.6) is 0 Å². The van der Waals surface area contributed by atoms with E-state index in [9.17, 15) is 9.18 Å². The van der Waals surface area contributed by atoms with E-state index in [-0.39, 0.29) is 17.5 Å². The summed E-state index contributed by atoms with van der Waals surface area (Å²) in [5.41, 5.74) is 1.92. The number of nitrogens with zero attached hydrogens (tertiary/aromatic N) is 3. The van der Waals surface area contributed by atoms with E-state index >= 15 is 0 Å². The Bertz CT molecular complexity index is 958. The minimum Gasteiger partial charge on any atom is -0.325 e. The van der Waals surface area contributed by atoms with E-state index in [0.29, 0.717) is 17.5 Å². The molecule has 2 atom stereocenters. The second-order valence-corrected chi connectivity index (χ2v) is 7.73. The molecule has 2 aromatic carbocycles. The molecule has 1 heterocycles. The maximum absolute atomic E-state index is 13.0. The monoisotopic (exact) mass is 396 g/mol. The van der Waals surface area contributed by atoms with E-state index in [2.05, 4.69) is 51.3 Å². The molecule has 144 valence electrons. The lowest BCUT2D eigenvalue weighted by molar-refractivity contribution is -0.113. The summed E-state index contributed by atoms with van der Waals surface area (Å²) in [6.07, 6.45) is 1.08. The van der Waals surface area contributed by atoms with E-state index in [1.54, 1.807) is 12.1 Å². The molecule has 3 aromatic rings. The van der Waals surface area contributed by atoms with Crippen LogP contribution in [0.15, 0.2) is 59.8 Å². The summed E-state index contributed by atoms with van der Waals surface area (Å²) < 4.78 is 15.1. The normalized spacial score (nSPS) is 18.1. The van der Waals surface area contributed by atoms with E-state index < -0.39 is 0 Å². The summed E-state index contributed by atoms with van der Waals surface area (Å²) in [6.45, 7) is 2.83. The predicted octanol–water partition coefficient (Wildman–Crippen LogP) is 4.44. The van der Waals surface area contributed by atoms with Crippen LogP contribution in [0.2, 0.25) is 0 Å². The lowest BCUT2D eigenvalue weighted by Crippen LogP contribution is -2.14. The van der Waals surface area contributed by atoms with E-state index in [0.717, 1.165) is 23.9 Å². The molecule has 0 aliphatic heterocycles. The molecule has 1 amide bonds. The summed E-state index contributed by atoms with van der Waals surface area (Å²) in [5, 5.41) is 12.2. The molecule has 1 aliphatic rings. The van der Waals surface area contributed by atoms with Crippen LogP contribution < -0.4 is 5.32 Å². The van der Waals surface area contributed by atoms with E-state index in [4.69, 9.17) is 0 Å². The SMILES string of the molecule is CCn1c(SCC(=O)Nc2ccc(F)cc2)nnc1C1CC1c1ccccc1. The molecule has 5 nitrogen and oxygen atoms in total. The molecule has 28 heavy (non-hydrogen) atoms. The topological polar surface area (TPSA) is 59.8 Å². The Morgan fingerprint density at radius 2 is 1.89 bits per heavy atom. The van der Waals surface area contributed by atoms with Gasteiger partial charge < -0.3 is 9.88 Å². The second-order valence-electron chi connectivity index (χ2n) is 6.79. The third-order valence-electron chi connectivity index (χ3n) is 4.87. The highest BCUT2D eigenvalue weighted by Gasteiger charge is 2.43. The van der Waals surface area contributed by atoms with Gasteiger partial charge in [-0.05, 0) is 49.1 Å². The molecule has 0 bridgehead atoms. The van der Waals surface area contributed by atoms with Gasteiger partial charge >= 0.3 is 0 Å². The zero-order chi connectivity index (χ0) is 19.5. The molecule has 1 aromatic heterocycles. The van der Waals surface area contributed by atoms with Crippen LogP contribution in [0, 0.1) is 5.82 Å². The Morgan fingerprint density at radius 1 is 1.14 bits per heavy atom. The number of carbonyl (C=O) groups excluding carboxylic acids is 1. The van der Waals surface area contributed by atoms with E-state index in [1.165, 1.54) is 29.5 Å². The molecule has 0 radical (unpaired) electrons. The largest absolute Gasteiger partial charge is 0.325 e. The average molecular weight is 396 g/mol. The minimum atomic E-state index is -0.329. The van der Waals surface area contributed by atoms with Crippen molar-refractivity contribution in [2.45, 2.75) is 36.9 Å². The number of nitrogens with one attached hydrogen (secondary N) is 1. The number of aromatic nitrogens is 3. The zero-order valence-electron chi connectivity index (χ0n) is 15.5. The number of carbonyl (C=O) groups is 1. The van der Waals surface area contributed by atoms with Gasteiger partial charge in [-0.2, -0.15) is 0 Å². The fourth-order valence-corrected chi connectivity index (χ4v) is 4.20. The van der Waals surface area contributed by atoms with Gasteiger partial charge in [-0.15, -0.1) is 10.2 Å². The molecule has 2 unspecified atom stereocenters. The molecular formula is C21H21FN4OS. The molecular weight excluding hydrogens is 375 g/mol. The number of anilines is 1. The minimum absolute atomic E-state index is 0.155. The third-order valence-corrected chi connectivity index (χ3v) is 5.84. The van der Waals surface area contributed by atoms with Gasteiger partial charge in [0, 0.05) is 18.2 Å². The quantitative estimate of drug-likeness (QED) is 0.600. The number of benzene rings is 2. The molecule has 0 spiro atoms. The van der Waals surface area contributed by atoms with Crippen molar-refractivity contribution in [3.8, 4) is 0 Å². The number of thioether (sulfide) groups is 1. The Morgan fingerprint density at radius 3 is 2.61 bits per heavy atom. The van der Waals surface area contributed by atoms with Crippen LogP contribution in [-0.4, -0.2) is 26.4 Å². The number of rotatable bonds is 7. The van der Waals surface area contributed by atoms with Crippen molar-refractivity contribution in [3.63, 3.8) is 0 Å². The van der Waals surface area contributed by atoms with Crippen molar-refractivity contribution >= 4 is 23.4 Å². The Balaban J connectivity index is 1.38. The zero-order valence-corrected chi connectivity index (χ0v) is 16.3. The molecule has 7 heteroatoms. The first-order chi connectivity index (χ1) is 13.7. The highest BCUT2D eigenvalue weighted by molar-refractivity contribution is 7.99. The Hall–Kier alpha value is -2.67. The van der Waals surface area contributed by atoms with Crippen molar-refractivity contribution in [2.24, 2.45) is 0 Å². The fourth-order valence-electron chi connectivity index (χ4n) is 3.39. The van der Waals surface area contributed by atoms with Gasteiger partial charge in [-0.25, -0.2) is 4.39 Å². The maximum atomic E-state index is 13.0. The van der Waals surface area contributed by atoms with Crippen LogP contribution in [0.3, 0.4) is 0 Å². The number of amides is 1. The predicted molar refractivity (Wildman–Crippen MR) is 108 cm³/mol. The number of hydrogen-bond acceptors (Lipinski definition) is 4. The molecule has 1 N–H and O–H groups in total. The van der Waals surface area contributed by atoms with Gasteiger partial charge in [-0.3, -0.25) is 4.79 Å². The highest BCUT2D eigenvalue weighted by Crippen LogP contribution is 2.54. The fraction of sp³-hybridized carbons (Fsp3) is 0.286. The molecule has 0 saturated heterocycles. The van der Waals surface area contributed by atoms with Crippen molar-refractivity contribution in [1.29, 1.82) is 0 Å². The average Bonchev–Trinajstić information content (AvgIpc) is 3.41. The summed E-state index contributed by atoms with van der Waals surface area (Å²) >= 11 is 1.37. The third kappa shape index (κ3) is 4.09. The van der Waals surface area contributed by atoms with Crippen molar-refractivity contribution < 1.29 is 9.18 Å². The number of halogens is 1. The second kappa shape index (κ2) is 8.14. The molecule has 1 fully saturated rings. The smallest absolute Gasteiger partial charge is 0.234 e. The van der Waals surface area contributed by atoms with Gasteiger partial charge in [0.05, 0.1) is 5.75 Å². The van der Waals surface area contributed by atoms with Crippen LogP contribution in [-0.2, 0) is 11.3 Å². The van der Waals surface area contributed by atoms with Gasteiger partial charge in [0.15, 0.2) is 5.16 Å². The molecule has 1 aliphatic carbocycles. The van der Waals surface area contributed by atoms with Gasteiger partial charge in [-0.1, -0.05) is 42.1 Å².